The van der Waals surface area contributed by atoms with Gasteiger partial charge in [-0.05, 0) is 42.6 Å². The van der Waals surface area contributed by atoms with Crippen molar-refractivity contribution in [3.63, 3.8) is 0 Å². The van der Waals surface area contributed by atoms with Gasteiger partial charge >= 0.3 is 5.97 Å². The minimum Gasteiger partial charge on any atom is -0.486 e. The standard InChI is InChI=1S/C20H19NO5S/c1-14(18-8-5-11-27-18)21-19(22)13-25-20(23)17-10-9-16(26-17)12-24-15-6-3-2-4-7-15/h2-11,14H,12-13H2,1H3,(H,21,22). The van der Waals surface area contributed by atoms with Crippen LogP contribution in [0.15, 0.2) is 64.4 Å². The molecule has 2 heterocycles. The van der Waals surface area contributed by atoms with Crippen LogP contribution in [0.2, 0.25) is 0 Å². The molecule has 7 heteroatoms. The van der Waals surface area contributed by atoms with Gasteiger partial charge in [0.1, 0.15) is 18.1 Å². The number of hydrogen-bond acceptors (Lipinski definition) is 6. The van der Waals surface area contributed by atoms with Crippen molar-refractivity contribution in [3.05, 3.63) is 76.4 Å². The third-order valence-electron chi connectivity index (χ3n) is 3.67. The van der Waals surface area contributed by atoms with Gasteiger partial charge in [0.05, 0.1) is 6.04 Å². The number of para-hydroxylation sites is 1. The number of amides is 1. The van der Waals surface area contributed by atoms with E-state index in [1.807, 2.05) is 54.8 Å². The predicted molar refractivity (Wildman–Crippen MR) is 101 cm³/mol. The molecule has 1 N–H and O–H groups in total. The molecule has 0 spiro atoms. The number of nitrogens with one attached hydrogen (secondary N) is 1. The van der Waals surface area contributed by atoms with Gasteiger partial charge in [0, 0.05) is 4.88 Å². The molecule has 1 amide bonds. The minimum atomic E-state index is -0.695. The number of esters is 1. The lowest BCUT2D eigenvalue weighted by Crippen LogP contribution is -2.30. The molecule has 0 fully saturated rings. The fourth-order valence-corrected chi connectivity index (χ4v) is 3.06. The highest BCUT2D eigenvalue weighted by Gasteiger charge is 2.16. The highest BCUT2D eigenvalue weighted by Crippen LogP contribution is 2.18. The van der Waals surface area contributed by atoms with Crippen molar-refractivity contribution in [3.8, 4) is 5.75 Å². The van der Waals surface area contributed by atoms with Crippen molar-refractivity contribution >= 4 is 23.2 Å². The molecule has 0 saturated carbocycles. The lowest BCUT2D eigenvalue weighted by molar-refractivity contribution is -0.124. The molecule has 6 nitrogen and oxygen atoms in total. The number of thiophene rings is 1. The van der Waals surface area contributed by atoms with Crippen LogP contribution in [-0.2, 0) is 16.1 Å². The van der Waals surface area contributed by atoms with Crippen LogP contribution in [0.5, 0.6) is 5.75 Å². The number of carbonyl (C=O) groups is 2. The summed E-state index contributed by atoms with van der Waals surface area (Å²) in [5.41, 5.74) is 0. The predicted octanol–water partition coefficient (Wildman–Crippen LogP) is 3.95. The molecule has 1 atom stereocenters. The molecule has 27 heavy (non-hydrogen) atoms. The van der Waals surface area contributed by atoms with Crippen LogP contribution in [0.3, 0.4) is 0 Å². The molecule has 2 aromatic heterocycles. The smallest absolute Gasteiger partial charge is 0.374 e. The molecular formula is C20H19NO5S. The quantitative estimate of drug-likeness (QED) is 0.594. The normalized spacial score (nSPS) is 11.6. The molecule has 140 valence electrons. The van der Waals surface area contributed by atoms with E-state index in [4.69, 9.17) is 13.9 Å². The van der Waals surface area contributed by atoms with E-state index in [1.54, 1.807) is 17.4 Å². The topological polar surface area (TPSA) is 77.8 Å². The fourth-order valence-electron chi connectivity index (χ4n) is 2.33. The van der Waals surface area contributed by atoms with Gasteiger partial charge in [-0.3, -0.25) is 4.79 Å². The Balaban J connectivity index is 1.44. The third kappa shape index (κ3) is 5.46. The van der Waals surface area contributed by atoms with Crippen LogP contribution in [0.1, 0.15) is 34.2 Å². The number of hydrogen-bond donors (Lipinski definition) is 1. The Morgan fingerprint density at radius 1 is 1.11 bits per heavy atom. The first-order valence-electron chi connectivity index (χ1n) is 8.38. The van der Waals surface area contributed by atoms with Gasteiger partial charge in [-0.1, -0.05) is 24.3 Å². The Morgan fingerprint density at radius 2 is 1.93 bits per heavy atom. The molecule has 0 saturated heterocycles. The zero-order chi connectivity index (χ0) is 19.1. The van der Waals surface area contributed by atoms with E-state index < -0.39 is 5.97 Å². The molecule has 0 aliphatic heterocycles. The maximum atomic E-state index is 12.0. The van der Waals surface area contributed by atoms with E-state index in [9.17, 15) is 9.59 Å². The lowest BCUT2D eigenvalue weighted by atomic mass is 10.3. The van der Waals surface area contributed by atoms with E-state index in [0.717, 1.165) is 4.88 Å². The molecule has 0 aliphatic rings. The Morgan fingerprint density at radius 3 is 2.67 bits per heavy atom. The second-order valence-electron chi connectivity index (χ2n) is 5.75. The van der Waals surface area contributed by atoms with Crippen molar-refractivity contribution in [1.29, 1.82) is 0 Å². The highest BCUT2D eigenvalue weighted by atomic mass is 32.1. The van der Waals surface area contributed by atoms with E-state index in [-0.39, 0.29) is 30.9 Å². The van der Waals surface area contributed by atoms with E-state index in [1.165, 1.54) is 6.07 Å². The summed E-state index contributed by atoms with van der Waals surface area (Å²) in [6.07, 6.45) is 0. The van der Waals surface area contributed by atoms with Crippen LogP contribution >= 0.6 is 11.3 Å². The molecule has 3 rings (SSSR count). The van der Waals surface area contributed by atoms with Crippen LogP contribution in [0, 0.1) is 0 Å². The summed E-state index contributed by atoms with van der Waals surface area (Å²) in [6, 6.07) is 16.1. The Kier molecular flexibility index (Phi) is 6.27. The van der Waals surface area contributed by atoms with Gasteiger partial charge in [0.25, 0.3) is 5.91 Å². The van der Waals surface area contributed by atoms with Crippen LogP contribution in [0.25, 0.3) is 0 Å². The lowest BCUT2D eigenvalue weighted by Gasteiger charge is -2.11. The van der Waals surface area contributed by atoms with E-state index >= 15 is 0 Å². The number of benzene rings is 1. The average molecular weight is 385 g/mol. The summed E-state index contributed by atoms with van der Waals surface area (Å²) in [5, 5.41) is 4.71. The van der Waals surface area contributed by atoms with E-state index in [2.05, 4.69) is 5.32 Å². The first-order chi connectivity index (χ1) is 13.1. The van der Waals surface area contributed by atoms with Gasteiger partial charge in [-0.2, -0.15) is 0 Å². The van der Waals surface area contributed by atoms with E-state index in [0.29, 0.717) is 11.5 Å². The average Bonchev–Trinajstić information content (AvgIpc) is 3.37. The van der Waals surface area contributed by atoms with Gasteiger partial charge in [-0.25, -0.2) is 4.79 Å². The molecule has 0 radical (unpaired) electrons. The maximum absolute atomic E-state index is 12.0. The van der Waals surface area contributed by atoms with Gasteiger partial charge in [0.15, 0.2) is 6.61 Å². The molecule has 0 aliphatic carbocycles. The summed E-state index contributed by atoms with van der Waals surface area (Å²) >= 11 is 1.55. The number of rotatable bonds is 8. The summed E-state index contributed by atoms with van der Waals surface area (Å²) in [7, 11) is 0. The molecule has 1 aromatic carbocycles. The summed E-state index contributed by atoms with van der Waals surface area (Å²) in [6.45, 7) is 1.69. The number of carbonyl (C=O) groups excluding carboxylic acids is 2. The first-order valence-corrected chi connectivity index (χ1v) is 9.26. The van der Waals surface area contributed by atoms with Crippen LogP contribution in [-0.4, -0.2) is 18.5 Å². The van der Waals surface area contributed by atoms with Crippen LogP contribution < -0.4 is 10.1 Å². The fraction of sp³-hybridized carbons (Fsp3) is 0.200. The van der Waals surface area contributed by atoms with Crippen molar-refractivity contribution in [2.75, 3.05) is 6.61 Å². The second-order valence-corrected chi connectivity index (χ2v) is 6.73. The summed E-state index contributed by atoms with van der Waals surface area (Å²) in [5.74, 6) is 0.153. The molecule has 1 unspecified atom stereocenters. The Labute approximate surface area is 160 Å². The molecule has 3 aromatic rings. The maximum Gasteiger partial charge on any atom is 0.374 e. The van der Waals surface area contributed by atoms with Crippen LogP contribution in [0.4, 0.5) is 0 Å². The SMILES string of the molecule is CC(NC(=O)COC(=O)c1ccc(COc2ccccc2)o1)c1cccs1. The van der Waals surface area contributed by atoms with Crippen molar-refractivity contribution in [2.24, 2.45) is 0 Å². The third-order valence-corrected chi connectivity index (χ3v) is 4.72. The first kappa shape index (κ1) is 18.7. The van der Waals surface area contributed by atoms with Gasteiger partial charge in [0.2, 0.25) is 5.76 Å². The van der Waals surface area contributed by atoms with Gasteiger partial charge < -0.3 is 19.2 Å². The second kappa shape index (κ2) is 9.05. The molecule has 0 bridgehead atoms. The summed E-state index contributed by atoms with van der Waals surface area (Å²) < 4.78 is 16.0. The molecular weight excluding hydrogens is 366 g/mol. The monoisotopic (exact) mass is 385 g/mol. The number of ether oxygens (including phenoxy) is 2. The highest BCUT2D eigenvalue weighted by molar-refractivity contribution is 7.10. The van der Waals surface area contributed by atoms with Crippen molar-refractivity contribution in [1.82, 2.24) is 5.32 Å². The zero-order valence-electron chi connectivity index (χ0n) is 14.7. The number of furan rings is 1. The largest absolute Gasteiger partial charge is 0.486 e. The zero-order valence-corrected chi connectivity index (χ0v) is 15.5. The summed E-state index contributed by atoms with van der Waals surface area (Å²) in [4.78, 5) is 25.0. The minimum absolute atomic E-state index is 0.0285. The Bertz CT molecular complexity index is 873. The Hall–Kier alpha value is -3.06. The van der Waals surface area contributed by atoms with Crippen molar-refractivity contribution < 1.29 is 23.5 Å². The van der Waals surface area contributed by atoms with Gasteiger partial charge in [-0.15, -0.1) is 11.3 Å². The van der Waals surface area contributed by atoms with Crippen molar-refractivity contribution in [2.45, 2.75) is 19.6 Å².